The first kappa shape index (κ1) is 15.3. The Morgan fingerprint density at radius 2 is 2.05 bits per heavy atom. The van der Waals surface area contributed by atoms with E-state index in [2.05, 4.69) is 17.1 Å². The van der Waals surface area contributed by atoms with Gasteiger partial charge in [-0.3, -0.25) is 9.59 Å². The summed E-state index contributed by atoms with van der Waals surface area (Å²) < 4.78 is 0. The van der Waals surface area contributed by atoms with Crippen molar-refractivity contribution in [2.24, 2.45) is 5.92 Å². The molecule has 2 amide bonds. The minimum absolute atomic E-state index is 0.0147. The zero-order chi connectivity index (χ0) is 14.5. The van der Waals surface area contributed by atoms with Gasteiger partial charge in [0.1, 0.15) is 6.04 Å². The minimum Gasteiger partial charge on any atom is -0.344 e. The van der Waals surface area contributed by atoms with E-state index >= 15 is 0 Å². The lowest BCUT2D eigenvalue weighted by Gasteiger charge is -2.26. The van der Waals surface area contributed by atoms with Crippen molar-refractivity contribution in [3.63, 3.8) is 0 Å². The molecule has 1 N–H and O–H groups in total. The van der Waals surface area contributed by atoms with E-state index in [4.69, 9.17) is 0 Å². The van der Waals surface area contributed by atoms with Gasteiger partial charge < -0.3 is 15.1 Å². The van der Waals surface area contributed by atoms with Crippen LogP contribution in [-0.2, 0) is 9.59 Å². The summed E-state index contributed by atoms with van der Waals surface area (Å²) in [4.78, 5) is 28.6. The van der Waals surface area contributed by atoms with E-state index in [1.807, 2.05) is 11.8 Å². The fourth-order valence-electron chi connectivity index (χ4n) is 3.22. The van der Waals surface area contributed by atoms with Crippen LogP contribution < -0.4 is 5.32 Å². The Hall–Kier alpha value is -1.10. The molecular weight excluding hydrogens is 254 g/mol. The van der Waals surface area contributed by atoms with Gasteiger partial charge in [-0.1, -0.05) is 20.3 Å². The topological polar surface area (TPSA) is 52.7 Å². The first-order chi connectivity index (χ1) is 9.63. The van der Waals surface area contributed by atoms with E-state index in [9.17, 15) is 9.59 Å². The van der Waals surface area contributed by atoms with E-state index < -0.39 is 0 Å². The number of carbonyl (C=O) groups excluding carboxylic acids is 2. The predicted octanol–water partition coefficient (Wildman–Crippen LogP) is 0.845. The monoisotopic (exact) mass is 281 g/mol. The Kier molecular flexibility index (Phi) is 5.40. The first-order valence-corrected chi connectivity index (χ1v) is 7.94. The van der Waals surface area contributed by atoms with Crippen LogP contribution in [0.5, 0.6) is 0 Å². The molecule has 0 saturated carbocycles. The van der Waals surface area contributed by atoms with Crippen molar-refractivity contribution in [3.8, 4) is 0 Å². The number of nitrogens with one attached hydrogen (secondary N) is 1. The normalized spacial score (nSPS) is 28.6. The number of rotatable bonds is 5. The maximum absolute atomic E-state index is 12.5. The van der Waals surface area contributed by atoms with E-state index in [-0.39, 0.29) is 17.9 Å². The highest BCUT2D eigenvalue weighted by molar-refractivity contribution is 5.89. The third-order valence-electron chi connectivity index (χ3n) is 4.43. The molecule has 2 unspecified atom stereocenters. The quantitative estimate of drug-likeness (QED) is 0.812. The molecule has 0 radical (unpaired) electrons. The van der Waals surface area contributed by atoms with Crippen molar-refractivity contribution in [1.29, 1.82) is 0 Å². The second-order valence-electron chi connectivity index (χ2n) is 5.99. The third kappa shape index (κ3) is 3.72. The smallest absolute Gasteiger partial charge is 0.245 e. The average molecular weight is 281 g/mol. The number of amides is 2. The van der Waals surface area contributed by atoms with Gasteiger partial charge >= 0.3 is 0 Å². The van der Waals surface area contributed by atoms with Gasteiger partial charge in [-0.05, 0) is 31.8 Å². The van der Waals surface area contributed by atoms with Crippen LogP contribution in [0.4, 0.5) is 0 Å². The molecule has 0 aromatic rings. The highest BCUT2D eigenvalue weighted by Gasteiger charge is 2.32. The fraction of sp³-hybridized carbons (Fsp3) is 0.867. The molecule has 0 spiro atoms. The summed E-state index contributed by atoms with van der Waals surface area (Å²) >= 11 is 0. The number of nitrogens with zero attached hydrogens (tertiary/aromatic N) is 2. The van der Waals surface area contributed by atoms with Crippen LogP contribution in [0, 0.1) is 5.92 Å². The standard InChI is InChI=1S/C15H27N3O2/c1-3-5-13-15(20)18(9-7-14(19)16-13)11-12-6-8-17(4-2)10-12/h12-13H,3-11H2,1-2H3,(H,16,19). The lowest BCUT2D eigenvalue weighted by molar-refractivity contribution is -0.134. The van der Waals surface area contributed by atoms with Gasteiger partial charge in [0, 0.05) is 26.1 Å². The predicted molar refractivity (Wildman–Crippen MR) is 78.3 cm³/mol. The maximum atomic E-state index is 12.5. The highest BCUT2D eigenvalue weighted by Crippen LogP contribution is 2.19. The highest BCUT2D eigenvalue weighted by atomic mass is 16.2. The minimum atomic E-state index is -0.307. The van der Waals surface area contributed by atoms with Gasteiger partial charge in [-0.2, -0.15) is 0 Å². The molecule has 0 aromatic carbocycles. The van der Waals surface area contributed by atoms with Crippen LogP contribution in [-0.4, -0.2) is 60.4 Å². The molecule has 2 aliphatic rings. The molecule has 2 saturated heterocycles. The van der Waals surface area contributed by atoms with Gasteiger partial charge in [0.15, 0.2) is 0 Å². The van der Waals surface area contributed by atoms with E-state index in [1.54, 1.807) is 0 Å². The zero-order valence-corrected chi connectivity index (χ0v) is 12.7. The summed E-state index contributed by atoms with van der Waals surface area (Å²) in [5.41, 5.74) is 0. The molecule has 0 aromatic heterocycles. The molecule has 5 heteroatoms. The summed E-state index contributed by atoms with van der Waals surface area (Å²) in [5, 5.41) is 2.86. The molecule has 2 rings (SSSR count). The SMILES string of the molecule is CCCC1NC(=O)CCN(CC2CCN(CC)C2)C1=O. The fourth-order valence-corrected chi connectivity index (χ4v) is 3.22. The molecule has 0 bridgehead atoms. The van der Waals surface area contributed by atoms with Crippen molar-refractivity contribution >= 4 is 11.8 Å². The summed E-state index contributed by atoms with van der Waals surface area (Å²) in [6.07, 6.45) is 3.26. The number of likely N-dealkylation sites (tertiary alicyclic amines) is 1. The van der Waals surface area contributed by atoms with Crippen LogP contribution in [0.1, 0.15) is 39.5 Å². The number of hydrogen-bond donors (Lipinski definition) is 1. The molecule has 20 heavy (non-hydrogen) atoms. The van der Waals surface area contributed by atoms with Crippen molar-refractivity contribution < 1.29 is 9.59 Å². The summed E-state index contributed by atoms with van der Waals surface area (Å²) in [5.74, 6) is 0.697. The van der Waals surface area contributed by atoms with Gasteiger partial charge in [0.2, 0.25) is 11.8 Å². The average Bonchev–Trinajstić information content (AvgIpc) is 2.85. The van der Waals surface area contributed by atoms with Crippen LogP contribution in [0.3, 0.4) is 0 Å². The molecule has 2 heterocycles. The van der Waals surface area contributed by atoms with Crippen molar-refractivity contribution in [2.75, 3.05) is 32.7 Å². The van der Waals surface area contributed by atoms with Gasteiger partial charge in [-0.25, -0.2) is 0 Å². The summed E-state index contributed by atoms with van der Waals surface area (Å²) in [6, 6.07) is -0.307. The summed E-state index contributed by atoms with van der Waals surface area (Å²) in [6.45, 7) is 8.92. The van der Waals surface area contributed by atoms with Crippen LogP contribution in [0.15, 0.2) is 0 Å². The second-order valence-corrected chi connectivity index (χ2v) is 5.99. The lowest BCUT2D eigenvalue weighted by atomic mass is 10.1. The zero-order valence-electron chi connectivity index (χ0n) is 12.7. The third-order valence-corrected chi connectivity index (χ3v) is 4.43. The van der Waals surface area contributed by atoms with Crippen LogP contribution >= 0.6 is 0 Å². The second kappa shape index (κ2) is 7.07. The molecule has 2 aliphatic heterocycles. The number of carbonyl (C=O) groups is 2. The first-order valence-electron chi connectivity index (χ1n) is 7.94. The maximum Gasteiger partial charge on any atom is 0.245 e. The Morgan fingerprint density at radius 3 is 2.70 bits per heavy atom. The van der Waals surface area contributed by atoms with E-state index in [0.717, 1.165) is 45.4 Å². The Bertz CT molecular complexity index is 359. The molecular formula is C15H27N3O2. The molecule has 0 aliphatic carbocycles. The van der Waals surface area contributed by atoms with E-state index in [0.29, 0.717) is 18.9 Å². The molecule has 2 fully saturated rings. The Balaban J connectivity index is 1.95. The molecule has 2 atom stereocenters. The van der Waals surface area contributed by atoms with E-state index in [1.165, 1.54) is 0 Å². The van der Waals surface area contributed by atoms with Crippen molar-refractivity contribution in [2.45, 2.75) is 45.6 Å². The van der Waals surface area contributed by atoms with Crippen molar-refractivity contribution in [1.82, 2.24) is 15.1 Å². The van der Waals surface area contributed by atoms with Crippen LogP contribution in [0.2, 0.25) is 0 Å². The summed E-state index contributed by atoms with van der Waals surface area (Å²) in [7, 11) is 0. The van der Waals surface area contributed by atoms with Gasteiger partial charge in [-0.15, -0.1) is 0 Å². The van der Waals surface area contributed by atoms with Gasteiger partial charge in [0.05, 0.1) is 0 Å². The Morgan fingerprint density at radius 1 is 1.25 bits per heavy atom. The number of hydrogen-bond acceptors (Lipinski definition) is 3. The molecule has 5 nitrogen and oxygen atoms in total. The largest absolute Gasteiger partial charge is 0.344 e. The van der Waals surface area contributed by atoms with Crippen molar-refractivity contribution in [3.05, 3.63) is 0 Å². The Labute approximate surface area is 121 Å². The van der Waals surface area contributed by atoms with Gasteiger partial charge in [0.25, 0.3) is 0 Å². The lowest BCUT2D eigenvalue weighted by Crippen LogP contribution is -2.46. The molecule has 114 valence electrons. The van der Waals surface area contributed by atoms with Crippen LogP contribution in [0.25, 0.3) is 0 Å².